The molecule has 1 aromatic carbocycles. The summed E-state index contributed by atoms with van der Waals surface area (Å²) >= 11 is 6.12. The number of hydrogen-bond acceptors (Lipinski definition) is 4. The average Bonchev–Trinajstić information content (AvgIpc) is 2.51. The van der Waals surface area contributed by atoms with Gasteiger partial charge in [-0.15, -0.1) is 0 Å². The first kappa shape index (κ1) is 18.0. The van der Waals surface area contributed by atoms with Gasteiger partial charge in [0.15, 0.2) is 0 Å². The predicted octanol–water partition coefficient (Wildman–Crippen LogP) is 2.01. The van der Waals surface area contributed by atoms with Gasteiger partial charge in [-0.3, -0.25) is 9.59 Å². The molecule has 2 amide bonds. The Hall–Kier alpha value is -2.08. The van der Waals surface area contributed by atoms with Gasteiger partial charge in [0.1, 0.15) is 0 Å². The number of halogens is 1. The highest BCUT2D eigenvalue weighted by molar-refractivity contribution is 6.34. The summed E-state index contributed by atoms with van der Waals surface area (Å²) < 4.78 is 4.66. The lowest BCUT2D eigenvalue weighted by molar-refractivity contribution is -0.121. The second kappa shape index (κ2) is 8.38. The first-order chi connectivity index (χ1) is 10.4. The van der Waals surface area contributed by atoms with Crippen LogP contribution in [0.3, 0.4) is 0 Å². The number of rotatable bonds is 6. The van der Waals surface area contributed by atoms with E-state index in [4.69, 9.17) is 11.6 Å². The predicted molar refractivity (Wildman–Crippen MR) is 84.1 cm³/mol. The number of amides is 2. The lowest BCUT2D eigenvalue weighted by atomic mass is 10.2. The number of methoxy groups -OCH3 is 1. The van der Waals surface area contributed by atoms with Gasteiger partial charge in [0.05, 0.1) is 23.4 Å². The van der Waals surface area contributed by atoms with E-state index in [1.165, 1.54) is 37.1 Å². The van der Waals surface area contributed by atoms with Gasteiger partial charge in [0, 0.05) is 26.4 Å². The third kappa shape index (κ3) is 4.73. The molecule has 0 aromatic heterocycles. The highest BCUT2D eigenvalue weighted by atomic mass is 35.5. The van der Waals surface area contributed by atoms with E-state index in [1.54, 1.807) is 6.92 Å². The molecule has 6 nitrogen and oxygen atoms in total. The summed E-state index contributed by atoms with van der Waals surface area (Å²) in [6.07, 6.45) is 0.374. The number of carbonyl (C=O) groups excluding carboxylic acids is 3. The highest BCUT2D eigenvalue weighted by Crippen LogP contribution is 2.27. The molecule has 1 aromatic rings. The molecule has 0 saturated heterocycles. The van der Waals surface area contributed by atoms with Crippen molar-refractivity contribution >= 4 is 35.1 Å². The number of hydrogen-bond donors (Lipinski definition) is 1. The number of nitrogens with zero attached hydrogens (tertiary/aromatic N) is 1. The topological polar surface area (TPSA) is 75.7 Å². The largest absolute Gasteiger partial charge is 0.465 e. The van der Waals surface area contributed by atoms with Crippen LogP contribution >= 0.6 is 11.6 Å². The lowest BCUT2D eigenvalue weighted by Gasteiger charge is -2.23. The minimum absolute atomic E-state index is 0.0992. The SMILES string of the molecule is CCC(=O)NCCN(C(C)=O)c1cc(C(=O)OC)ccc1Cl. The van der Waals surface area contributed by atoms with Crippen LogP contribution in [-0.4, -0.2) is 38.0 Å². The quantitative estimate of drug-likeness (QED) is 0.811. The van der Waals surface area contributed by atoms with E-state index < -0.39 is 5.97 Å². The van der Waals surface area contributed by atoms with E-state index in [9.17, 15) is 14.4 Å². The van der Waals surface area contributed by atoms with Crippen molar-refractivity contribution in [2.45, 2.75) is 20.3 Å². The van der Waals surface area contributed by atoms with E-state index in [-0.39, 0.29) is 18.4 Å². The van der Waals surface area contributed by atoms with E-state index in [0.29, 0.717) is 29.2 Å². The van der Waals surface area contributed by atoms with Crippen LogP contribution in [0.15, 0.2) is 18.2 Å². The molecule has 0 aliphatic carbocycles. The number of esters is 1. The Morgan fingerprint density at radius 1 is 1.32 bits per heavy atom. The van der Waals surface area contributed by atoms with Crippen molar-refractivity contribution < 1.29 is 19.1 Å². The Labute approximate surface area is 134 Å². The van der Waals surface area contributed by atoms with Crippen LogP contribution in [0.4, 0.5) is 5.69 Å². The number of benzene rings is 1. The van der Waals surface area contributed by atoms with Crippen LogP contribution in [0, 0.1) is 0 Å². The van der Waals surface area contributed by atoms with Crippen molar-refractivity contribution in [1.29, 1.82) is 0 Å². The second-order valence-corrected chi connectivity index (χ2v) is 4.94. The van der Waals surface area contributed by atoms with E-state index >= 15 is 0 Å². The molecule has 0 saturated carbocycles. The zero-order chi connectivity index (χ0) is 16.7. The number of carbonyl (C=O) groups is 3. The van der Waals surface area contributed by atoms with Gasteiger partial charge in [0.25, 0.3) is 0 Å². The van der Waals surface area contributed by atoms with E-state index in [2.05, 4.69) is 10.1 Å². The fraction of sp³-hybridized carbons (Fsp3) is 0.400. The summed E-state index contributed by atoms with van der Waals surface area (Å²) in [7, 11) is 1.28. The summed E-state index contributed by atoms with van der Waals surface area (Å²) in [5, 5.41) is 3.03. The van der Waals surface area contributed by atoms with Gasteiger partial charge < -0.3 is 15.0 Å². The molecular formula is C15H19ClN2O4. The van der Waals surface area contributed by atoms with E-state index in [1.807, 2.05) is 0 Å². The zero-order valence-corrected chi connectivity index (χ0v) is 13.6. The zero-order valence-electron chi connectivity index (χ0n) is 12.8. The Bertz CT molecular complexity index is 575. The summed E-state index contributed by atoms with van der Waals surface area (Å²) in [4.78, 5) is 36.1. The molecule has 0 unspecified atom stereocenters. The first-order valence-electron chi connectivity index (χ1n) is 6.83. The fourth-order valence-corrected chi connectivity index (χ4v) is 2.06. The molecule has 0 bridgehead atoms. The van der Waals surface area contributed by atoms with Crippen molar-refractivity contribution in [3.05, 3.63) is 28.8 Å². The molecule has 0 atom stereocenters. The molecule has 1 N–H and O–H groups in total. The van der Waals surface area contributed by atoms with Crippen molar-refractivity contribution in [2.75, 3.05) is 25.1 Å². The third-order valence-corrected chi connectivity index (χ3v) is 3.34. The molecule has 1 rings (SSSR count). The highest BCUT2D eigenvalue weighted by Gasteiger charge is 2.17. The smallest absolute Gasteiger partial charge is 0.337 e. The Morgan fingerprint density at radius 2 is 2.00 bits per heavy atom. The second-order valence-electron chi connectivity index (χ2n) is 4.53. The van der Waals surface area contributed by atoms with Crippen LogP contribution in [0.5, 0.6) is 0 Å². The summed E-state index contributed by atoms with van der Waals surface area (Å²) in [5.41, 5.74) is 0.702. The van der Waals surface area contributed by atoms with Crippen molar-refractivity contribution in [2.24, 2.45) is 0 Å². The Kier molecular flexibility index (Phi) is 6.85. The van der Waals surface area contributed by atoms with Gasteiger partial charge in [0.2, 0.25) is 11.8 Å². The molecule has 7 heteroatoms. The van der Waals surface area contributed by atoms with E-state index in [0.717, 1.165) is 0 Å². The van der Waals surface area contributed by atoms with Crippen LogP contribution in [0.2, 0.25) is 5.02 Å². The number of anilines is 1. The number of ether oxygens (including phenoxy) is 1. The normalized spacial score (nSPS) is 10.0. The van der Waals surface area contributed by atoms with Gasteiger partial charge in [-0.2, -0.15) is 0 Å². The van der Waals surface area contributed by atoms with Crippen molar-refractivity contribution in [3.63, 3.8) is 0 Å². The first-order valence-corrected chi connectivity index (χ1v) is 7.21. The molecular weight excluding hydrogens is 308 g/mol. The maximum absolute atomic E-state index is 11.8. The van der Waals surface area contributed by atoms with Crippen molar-refractivity contribution in [3.8, 4) is 0 Å². The monoisotopic (exact) mass is 326 g/mol. The van der Waals surface area contributed by atoms with Gasteiger partial charge >= 0.3 is 5.97 Å². The van der Waals surface area contributed by atoms with Crippen molar-refractivity contribution in [1.82, 2.24) is 5.32 Å². The maximum Gasteiger partial charge on any atom is 0.337 e. The Balaban J connectivity index is 2.97. The molecule has 0 aliphatic heterocycles. The standard InChI is InChI=1S/C15H19ClN2O4/c1-4-14(20)17-7-8-18(10(2)19)13-9-11(15(21)22-3)5-6-12(13)16/h5-6,9H,4,7-8H2,1-3H3,(H,17,20). The minimum Gasteiger partial charge on any atom is -0.465 e. The molecule has 0 aliphatic rings. The molecule has 0 fully saturated rings. The molecule has 120 valence electrons. The Morgan fingerprint density at radius 3 is 2.55 bits per heavy atom. The van der Waals surface area contributed by atoms with Gasteiger partial charge in [-0.25, -0.2) is 4.79 Å². The number of nitrogens with one attached hydrogen (secondary N) is 1. The van der Waals surface area contributed by atoms with Crippen LogP contribution in [-0.2, 0) is 14.3 Å². The van der Waals surface area contributed by atoms with Crippen LogP contribution in [0.25, 0.3) is 0 Å². The van der Waals surface area contributed by atoms with Gasteiger partial charge in [-0.05, 0) is 18.2 Å². The average molecular weight is 327 g/mol. The lowest BCUT2D eigenvalue weighted by Crippen LogP contribution is -2.37. The summed E-state index contributed by atoms with van der Waals surface area (Å²) in [6, 6.07) is 4.55. The molecule has 0 heterocycles. The minimum atomic E-state index is -0.513. The molecule has 0 spiro atoms. The van der Waals surface area contributed by atoms with Crippen LogP contribution in [0.1, 0.15) is 30.6 Å². The summed E-state index contributed by atoms with van der Waals surface area (Å²) in [6.45, 7) is 3.69. The van der Waals surface area contributed by atoms with Crippen LogP contribution < -0.4 is 10.2 Å². The molecule has 22 heavy (non-hydrogen) atoms. The maximum atomic E-state index is 11.8. The van der Waals surface area contributed by atoms with Gasteiger partial charge in [-0.1, -0.05) is 18.5 Å². The molecule has 0 radical (unpaired) electrons. The summed E-state index contributed by atoms with van der Waals surface area (Å²) in [5.74, 6) is -0.853. The fourth-order valence-electron chi connectivity index (χ4n) is 1.84. The third-order valence-electron chi connectivity index (χ3n) is 3.02.